The monoisotopic (exact) mass is 199 g/mol. The third kappa shape index (κ3) is 1.34. The van der Waals surface area contributed by atoms with Gasteiger partial charge in [0.1, 0.15) is 0 Å². The summed E-state index contributed by atoms with van der Waals surface area (Å²) in [4.78, 5) is 13.4. The zero-order valence-corrected chi connectivity index (χ0v) is 9.79. The Bertz CT molecular complexity index is 248. The molecule has 1 rings (SSSR count). The molecule has 0 aromatic carbocycles. The van der Waals surface area contributed by atoms with Crippen molar-refractivity contribution in [3.63, 3.8) is 0 Å². The molecule has 2 unspecified atom stereocenters. The van der Waals surface area contributed by atoms with E-state index in [4.69, 9.17) is 0 Å². The number of carboxylic acid groups (broad SMARTS) is 1. The van der Waals surface area contributed by atoms with E-state index in [9.17, 15) is 9.90 Å². The molecule has 1 aliphatic rings. The summed E-state index contributed by atoms with van der Waals surface area (Å²) in [6.45, 7) is 6.01. The molecule has 0 radical (unpaired) electrons. The summed E-state index contributed by atoms with van der Waals surface area (Å²) in [5.41, 5.74) is -0.746. The second-order valence-corrected chi connectivity index (χ2v) is 5.38. The van der Waals surface area contributed by atoms with Crippen molar-refractivity contribution >= 4 is 5.97 Å². The Balaban J connectivity index is 3.02. The highest BCUT2D eigenvalue weighted by atomic mass is 16.4. The lowest BCUT2D eigenvalue weighted by Gasteiger charge is -2.41. The van der Waals surface area contributed by atoms with Crippen LogP contribution in [0.5, 0.6) is 0 Å². The minimum Gasteiger partial charge on any atom is -0.481 e. The zero-order chi connectivity index (χ0) is 11.1. The highest BCUT2D eigenvalue weighted by Gasteiger charge is 2.56. The van der Waals surface area contributed by atoms with Gasteiger partial charge in [-0.25, -0.2) is 0 Å². The minimum absolute atomic E-state index is 0.164. The van der Waals surface area contributed by atoms with E-state index in [2.05, 4.69) is 18.7 Å². The molecule has 0 bridgehead atoms. The highest BCUT2D eigenvalue weighted by molar-refractivity contribution is 5.76. The van der Waals surface area contributed by atoms with Gasteiger partial charge in [0.2, 0.25) is 0 Å². The van der Waals surface area contributed by atoms with Gasteiger partial charge in [0.15, 0.2) is 0 Å². The number of carbonyl (C=O) groups is 1. The fourth-order valence-corrected chi connectivity index (χ4v) is 2.76. The van der Waals surface area contributed by atoms with Crippen LogP contribution in [-0.2, 0) is 4.79 Å². The first kappa shape index (κ1) is 11.5. The number of carboxylic acids is 1. The molecule has 3 nitrogen and oxygen atoms in total. The summed E-state index contributed by atoms with van der Waals surface area (Å²) in [6.07, 6.45) is 1.75. The maximum atomic E-state index is 11.3. The third-order valence-electron chi connectivity index (χ3n) is 4.27. The summed E-state index contributed by atoms with van der Waals surface area (Å²) in [6, 6.07) is 0.364. The molecule has 0 aromatic heterocycles. The molecule has 0 saturated heterocycles. The van der Waals surface area contributed by atoms with Crippen molar-refractivity contribution in [2.45, 2.75) is 39.7 Å². The second-order valence-electron chi connectivity index (χ2n) is 5.38. The molecule has 0 spiro atoms. The first-order valence-electron chi connectivity index (χ1n) is 5.13. The van der Waals surface area contributed by atoms with Gasteiger partial charge < -0.3 is 10.0 Å². The number of nitrogens with zero attached hydrogens (tertiary/aromatic N) is 1. The molecule has 0 aliphatic heterocycles. The van der Waals surface area contributed by atoms with E-state index in [1.165, 1.54) is 0 Å². The molecular formula is C11H21NO2. The van der Waals surface area contributed by atoms with Gasteiger partial charge in [0, 0.05) is 6.04 Å². The summed E-state index contributed by atoms with van der Waals surface area (Å²) < 4.78 is 0. The fraction of sp³-hybridized carbons (Fsp3) is 0.909. The predicted molar refractivity (Wildman–Crippen MR) is 56.2 cm³/mol. The van der Waals surface area contributed by atoms with E-state index in [1.807, 2.05) is 21.0 Å². The smallest absolute Gasteiger partial charge is 0.309 e. The standard InChI is InChI=1S/C11H21NO2/c1-10(2)8(12(4)5)6-7-11(10,3)9(13)14/h8H,6-7H2,1-5H3,(H,13,14). The Morgan fingerprint density at radius 1 is 1.36 bits per heavy atom. The van der Waals surface area contributed by atoms with Crippen LogP contribution in [0.1, 0.15) is 33.6 Å². The number of hydrogen-bond donors (Lipinski definition) is 1. The molecule has 3 heteroatoms. The van der Waals surface area contributed by atoms with Crippen LogP contribution in [0.4, 0.5) is 0 Å². The van der Waals surface area contributed by atoms with Gasteiger partial charge in [-0.3, -0.25) is 4.79 Å². The summed E-state index contributed by atoms with van der Waals surface area (Å²) in [5.74, 6) is -0.660. The molecule has 2 atom stereocenters. The first-order chi connectivity index (χ1) is 6.23. The van der Waals surface area contributed by atoms with E-state index in [0.29, 0.717) is 6.04 Å². The Labute approximate surface area is 86.1 Å². The lowest BCUT2D eigenvalue weighted by molar-refractivity contribution is -0.154. The van der Waals surface area contributed by atoms with Crippen molar-refractivity contribution in [3.05, 3.63) is 0 Å². The lowest BCUT2D eigenvalue weighted by Crippen LogP contribution is -2.47. The van der Waals surface area contributed by atoms with E-state index in [0.717, 1.165) is 12.8 Å². The van der Waals surface area contributed by atoms with Crippen molar-refractivity contribution in [2.24, 2.45) is 10.8 Å². The van der Waals surface area contributed by atoms with E-state index >= 15 is 0 Å². The van der Waals surface area contributed by atoms with Gasteiger partial charge >= 0.3 is 5.97 Å². The SMILES string of the molecule is CN(C)C1CCC(C)(C(=O)O)C1(C)C. The third-order valence-corrected chi connectivity index (χ3v) is 4.27. The van der Waals surface area contributed by atoms with E-state index in [1.54, 1.807) is 0 Å². The summed E-state index contributed by atoms with van der Waals surface area (Å²) in [7, 11) is 4.06. The molecule has 1 fully saturated rings. The van der Waals surface area contributed by atoms with Crippen molar-refractivity contribution in [3.8, 4) is 0 Å². The van der Waals surface area contributed by atoms with Crippen LogP contribution in [0.2, 0.25) is 0 Å². The number of rotatable bonds is 2. The Morgan fingerprint density at radius 3 is 2.07 bits per heavy atom. The maximum Gasteiger partial charge on any atom is 0.309 e. The van der Waals surface area contributed by atoms with Crippen molar-refractivity contribution < 1.29 is 9.90 Å². The van der Waals surface area contributed by atoms with Crippen molar-refractivity contribution in [2.75, 3.05) is 14.1 Å². The number of hydrogen-bond acceptors (Lipinski definition) is 2. The molecule has 14 heavy (non-hydrogen) atoms. The highest BCUT2D eigenvalue weighted by Crippen LogP contribution is 2.53. The molecule has 1 N–H and O–H groups in total. The topological polar surface area (TPSA) is 40.5 Å². The van der Waals surface area contributed by atoms with Crippen LogP contribution in [0, 0.1) is 10.8 Å². The van der Waals surface area contributed by atoms with Crippen LogP contribution in [-0.4, -0.2) is 36.1 Å². The molecule has 0 amide bonds. The molecule has 1 aliphatic carbocycles. The van der Waals surface area contributed by atoms with Crippen molar-refractivity contribution in [1.82, 2.24) is 4.90 Å². The zero-order valence-electron chi connectivity index (χ0n) is 9.79. The molecule has 0 heterocycles. The maximum absolute atomic E-state index is 11.3. The lowest BCUT2D eigenvalue weighted by atomic mass is 9.67. The number of aliphatic carboxylic acids is 1. The van der Waals surface area contributed by atoms with Crippen LogP contribution in [0.15, 0.2) is 0 Å². The van der Waals surface area contributed by atoms with E-state index in [-0.39, 0.29) is 5.41 Å². The summed E-state index contributed by atoms with van der Waals surface area (Å²) in [5, 5.41) is 9.29. The predicted octanol–water partition coefficient (Wildman–Crippen LogP) is 1.83. The van der Waals surface area contributed by atoms with E-state index < -0.39 is 11.4 Å². The van der Waals surface area contributed by atoms with Crippen LogP contribution < -0.4 is 0 Å². The molecular weight excluding hydrogens is 178 g/mol. The Hall–Kier alpha value is -0.570. The van der Waals surface area contributed by atoms with Gasteiger partial charge in [0.25, 0.3) is 0 Å². The summed E-state index contributed by atoms with van der Waals surface area (Å²) >= 11 is 0. The van der Waals surface area contributed by atoms with Crippen LogP contribution in [0.25, 0.3) is 0 Å². The average molecular weight is 199 g/mol. The molecule has 1 saturated carbocycles. The fourth-order valence-electron chi connectivity index (χ4n) is 2.76. The molecule has 82 valence electrons. The Morgan fingerprint density at radius 2 is 1.86 bits per heavy atom. The largest absolute Gasteiger partial charge is 0.481 e. The van der Waals surface area contributed by atoms with Crippen molar-refractivity contribution in [1.29, 1.82) is 0 Å². The van der Waals surface area contributed by atoms with Crippen LogP contribution >= 0.6 is 0 Å². The van der Waals surface area contributed by atoms with Gasteiger partial charge in [-0.2, -0.15) is 0 Å². The normalized spacial score (nSPS) is 36.3. The average Bonchev–Trinajstić information content (AvgIpc) is 2.24. The van der Waals surface area contributed by atoms with Gasteiger partial charge in [-0.1, -0.05) is 13.8 Å². The molecule has 0 aromatic rings. The van der Waals surface area contributed by atoms with Gasteiger partial charge in [-0.05, 0) is 39.3 Å². The minimum atomic E-state index is -0.660. The van der Waals surface area contributed by atoms with Gasteiger partial charge in [0.05, 0.1) is 5.41 Å². The quantitative estimate of drug-likeness (QED) is 0.737. The van der Waals surface area contributed by atoms with Crippen LogP contribution in [0.3, 0.4) is 0 Å². The first-order valence-corrected chi connectivity index (χ1v) is 5.13. The van der Waals surface area contributed by atoms with Gasteiger partial charge in [-0.15, -0.1) is 0 Å². The second kappa shape index (κ2) is 3.23. The Kier molecular flexibility index (Phi) is 2.65.